The number of rotatable bonds is 3. The number of nitrogens with zero attached hydrogens (tertiary/aromatic N) is 1. The first-order valence-electron chi connectivity index (χ1n) is 4.45. The molecule has 1 heterocycles. The van der Waals surface area contributed by atoms with Gasteiger partial charge < -0.3 is 4.74 Å². The van der Waals surface area contributed by atoms with E-state index in [0.29, 0.717) is 10.8 Å². The van der Waals surface area contributed by atoms with E-state index in [1.807, 2.05) is 0 Å². The summed E-state index contributed by atoms with van der Waals surface area (Å²) in [5, 5.41) is 1.47. The molecule has 1 aromatic rings. The first kappa shape index (κ1) is 11.2. The highest BCUT2D eigenvalue weighted by molar-refractivity contribution is 8.09. The number of hydrogen-bond donors (Lipinski definition) is 0. The Hall–Kier alpha value is -1.33. The van der Waals surface area contributed by atoms with Gasteiger partial charge in [-0.25, -0.2) is 13.4 Å². The van der Waals surface area contributed by atoms with Crippen LogP contribution >= 0.6 is 11.6 Å². The molecule has 0 fully saturated rings. The minimum atomic E-state index is -3.37. The van der Waals surface area contributed by atoms with Gasteiger partial charge in [-0.2, -0.15) is 0 Å². The van der Waals surface area contributed by atoms with Crippen LogP contribution in [0, 0.1) is 0 Å². The molecule has 0 saturated heterocycles. The fourth-order valence-corrected chi connectivity index (χ4v) is 2.17. The van der Waals surface area contributed by atoms with Gasteiger partial charge >= 0.3 is 0 Å². The summed E-state index contributed by atoms with van der Waals surface area (Å²) in [7, 11) is -3.37. The highest BCUT2D eigenvalue weighted by Crippen LogP contribution is 2.23. The average Bonchev–Trinajstić information content (AvgIpc) is 2.57. The molecule has 0 N–H and O–H groups in total. The fraction of sp³-hybridized carbons (Fsp3) is 0.100. The van der Waals surface area contributed by atoms with Gasteiger partial charge in [0.25, 0.3) is 0 Å². The van der Waals surface area contributed by atoms with E-state index in [9.17, 15) is 8.42 Å². The Bertz CT molecular complexity index is 563. The quantitative estimate of drug-likeness (QED) is 0.832. The van der Waals surface area contributed by atoms with E-state index in [-0.39, 0.29) is 11.7 Å². The van der Waals surface area contributed by atoms with E-state index in [4.69, 9.17) is 16.3 Å². The number of sulfone groups is 1. The van der Waals surface area contributed by atoms with E-state index < -0.39 is 9.84 Å². The van der Waals surface area contributed by atoms with Gasteiger partial charge in [-0.1, -0.05) is 23.7 Å². The van der Waals surface area contributed by atoms with Crippen LogP contribution in [0.25, 0.3) is 0 Å². The third-order valence-electron chi connectivity index (χ3n) is 1.97. The molecule has 84 valence electrons. The normalized spacial score (nSPS) is 17.2. The molecule has 6 heteroatoms. The molecule has 16 heavy (non-hydrogen) atoms. The van der Waals surface area contributed by atoms with Crippen molar-refractivity contribution < 1.29 is 13.2 Å². The van der Waals surface area contributed by atoms with Crippen molar-refractivity contribution in [2.24, 2.45) is 4.99 Å². The first-order valence-corrected chi connectivity index (χ1v) is 6.38. The average molecular weight is 258 g/mol. The van der Waals surface area contributed by atoms with Crippen molar-refractivity contribution in [1.29, 1.82) is 0 Å². The molecule has 1 aromatic carbocycles. The van der Waals surface area contributed by atoms with Crippen LogP contribution in [0.15, 0.2) is 40.9 Å². The van der Waals surface area contributed by atoms with Crippen LogP contribution in [-0.2, 0) is 9.84 Å². The fourth-order valence-electron chi connectivity index (χ4n) is 1.17. The van der Waals surface area contributed by atoms with Crippen molar-refractivity contribution >= 4 is 26.5 Å². The largest absolute Gasteiger partial charge is 0.485 e. The highest BCUT2D eigenvalue weighted by Gasteiger charge is 2.20. The molecule has 1 aliphatic rings. The Kier molecular flexibility index (Phi) is 2.98. The van der Waals surface area contributed by atoms with E-state index in [2.05, 4.69) is 4.99 Å². The van der Waals surface area contributed by atoms with Crippen molar-refractivity contribution in [3.8, 4) is 5.75 Å². The topological polar surface area (TPSA) is 55.7 Å². The van der Waals surface area contributed by atoms with Crippen LogP contribution < -0.4 is 4.74 Å². The molecule has 4 nitrogen and oxygen atoms in total. The van der Waals surface area contributed by atoms with Gasteiger partial charge in [0.1, 0.15) is 12.4 Å². The van der Waals surface area contributed by atoms with Crippen LogP contribution in [0.1, 0.15) is 0 Å². The van der Waals surface area contributed by atoms with E-state index in [1.54, 1.807) is 24.3 Å². The summed E-state index contributed by atoms with van der Waals surface area (Å²) < 4.78 is 27.9. The van der Waals surface area contributed by atoms with E-state index in [1.165, 1.54) is 6.20 Å². The van der Waals surface area contributed by atoms with Gasteiger partial charge in [0.05, 0.1) is 10.4 Å². The summed E-state index contributed by atoms with van der Waals surface area (Å²) in [6.07, 6.45) is 1.24. The maximum atomic E-state index is 11.3. The lowest BCUT2D eigenvalue weighted by Gasteiger charge is -2.06. The van der Waals surface area contributed by atoms with Crippen molar-refractivity contribution in [2.45, 2.75) is 0 Å². The lowest BCUT2D eigenvalue weighted by atomic mass is 10.3. The molecule has 0 radical (unpaired) electrons. The monoisotopic (exact) mass is 257 g/mol. The molecule has 0 atom stereocenters. The summed E-state index contributed by atoms with van der Waals surface area (Å²) in [6, 6.07) is 6.85. The summed E-state index contributed by atoms with van der Waals surface area (Å²) in [4.78, 5) is 3.71. The molecule has 0 unspecified atom stereocenters. The second-order valence-corrected chi connectivity index (χ2v) is 5.31. The zero-order chi connectivity index (χ0) is 11.6. The van der Waals surface area contributed by atoms with Gasteiger partial charge in [-0.15, -0.1) is 0 Å². The number of ether oxygens (including phenoxy) is 1. The number of hydrogen-bond acceptors (Lipinski definition) is 4. The van der Waals surface area contributed by atoms with Crippen molar-refractivity contribution in [3.05, 3.63) is 40.9 Å². The molecular formula is C10H8ClNO3S. The lowest BCUT2D eigenvalue weighted by Crippen LogP contribution is -2.17. The number of halogens is 1. The molecule has 0 bridgehead atoms. The van der Waals surface area contributed by atoms with Gasteiger partial charge in [0.2, 0.25) is 9.84 Å². The standard InChI is InChI=1S/C10H8ClNO3S/c11-8-3-1-2-4-9(8)15-7-10-12-5-6-16(10,13)14/h1-6H,7H2. The van der Waals surface area contributed by atoms with Crippen LogP contribution in [0.5, 0.6) is 5.75 Å². The third-order valence-corrected chi connectivity index (χ3v) is 3.65. The maximum absolute atomic E-state index is 11.3. The second-order valence-electron chi connectivity index (χ2n) is 3.07. The zero-order valence-electron chi connectivity index (χ0n) is 8.13. The van der Waals surface area contributed by atoms with Crippen molar-refractivity contribution in [1.82, 2.24) is 0 Å². The Morgan fingerprint density at radius 2 is 2.06 bits per heavy atom. The summed E-state index contributed by atoms with van der Waals surface area (Å²) in [6.45, 7) is -0.112. The number of para-hydroxylation sites is 1. The first-order chi connectivity index (χ1) is 7.59. The van der Waals surface area contributed by atoms with Crippen LogP contribution in [0.4, 0.5) is 0 Å². The van der Waals surface area contributed by atoms with E-state index in [0.717, 1.165) is 5.41 Å². The predicted octanol–water partition coefficient (Wildman–Crippen LogP) is 2.02. The predicted molar refractivity (Wildman–Crippen MR) is 62.4 cm³/mol. The molecule has 0 spiro atoms. The van der Waals surface area contributed by atoms with Gasteiger partial charge in [0.15, 0.2) is 5.04 Å². The second kappa shape index (κ2) is 4.27. The minimum Gasteiger partial charge on any atom is -0.485 e. The van der Waals surface area contributed by atoms with Gasteiger partial charge in [-0.05, 0) is 12.1 Å². The molecule has 2 rings (SSSR count). The minimum absolute atomic E-state index is 0.00702. The molecule has 0 amide bonds. The summed E-state index contributed by atoms with van der Waals surface area (Å²) in [5.74, 6) is 0.439. The lowest BCUT2D eigenvalue weighted by molar-refractivity contribution is 0.378. The zero-order valence-corrected chi connectivity index (χ0v) is 9.70. The summed E-state index contributed by atoms with van der Waals surface area (Å²) >= 11 is 5.85. The van der Waals surface area contributed by atoms with E-state index >= 15 is 0 Å². The van der Waals surface area contributed by atoms with Gasteiger partial charge in [0, 0.05) is 6.20 Å². The highest BCUT2D eigenvalue weighted by atomic mass is 35.5. The third kappa shape index (κ3) is 2.25. The van der Waals surface area contributed by atoms with Crippen molar-refractivity contribution in [3.63, 3.8) is 0 Å². The molecule has 1 aliphatic heterocycles. The molecule has 0 aliphatic carbocycles. The number of benzene rings is 1. The Morgan fingerprint density at radius 1 is 1.31 bits per heavy atom. The molecular weight excluding hydrogens is 250 g/mol. The van der Waals surface area contributed by atoms with Crippen molar-refractivity contribution in [2.75, 3.05) is 6.61 Å². The molecule has 0 saturated carbocycles. The maximum Gasteiger partial charge on any atom is 0.218 e. The smallest absolute Gasteiger partial charge is 0.218 e. The Labute approximate surface area is 98.1 Å². The van der Waals surface area contributed by atoms with Gasteiger partial charge in [-0.3, -0.25) is 0 Å². The molecule has 0 aromatic heterocycles. The Morgan fingerprint density at radius 3 is 2.69 bits per heavy atom. The number of aliphatic imine (C=N–C) groups is 1. The van der Waals surface area contributed by atoms with Crippen LogP contribution in [-0.4, -0.2) is 20.1 Å². The van der Waals surface area contributed by atoms with Crippen LogP contribution in [0.3, 0.4) is 0 Å². The SMILES string of the molecule is O=S1(=O)C=CN=C1COc1ccccc1Cl. The summed E-state index contributed by atoms with van der Waals surface area (Å²) in [5.41, 5.74) is 0. The Balaban J connectivity index is 2.08. The van der Waals surface area contributed by atoms with Crippen LogP contribution in [0.2, 0.25) is 5.02 Å².